The van der Waals surface area contributed by atoms with Crippen LogP contribution in [0.3, 0.4) is 0 Å². The first-order chi connectivity index (χ1) is 12.6. The van der Waals surface area contributed by atoms with E-state index in [1.54, 1.807) is 0 Å². The van der Waals surface area contributed by atoms with Gasteiger partial charge in [-0.25, -0.2) is 0 Å². The van der Waals surface area contributed by atoms with E-state index in [0.29, 0.717) is 12.8 Å². The average Bonchev–Trinajstić information content (AvgIpc) is 2.63. The zero-order chi connectivity index (χ0) is 21.7. The number of hydrogen-bond acceptors (Lipinski definition) is 6. The summed E-state index contributed by atoms with van der Waals surface area (Å²) in [6.07, 6.45) is 5.89. The van der Waals surface area contributed by atoms with Crippen molar-refractivity contribution in [2.45, 2.75) is 71.6 Å². The van der Waals surface area contributed by atoms with E-state index in [4.69, 9.17) is 30.6 Å². The molecule has 162 valence electrons. The van der Waals surface area contributed by atoms with Gasteiger partial charge in [-0.3, -0.25) is 14.4 Å². The van der Waals surface area contributed by atoms with Crippen LogP contribution >= 0.6 is 0 Å². The van der Waals surface area contributed by atoms with Crippen molar-refractivity contribution in [3.63, 3.8) is 0 Å². The van der Waals surface area contributed by atoms with Gasteiger partial charge in [-0.2, -0.15) is 0 Å². The van der Waals surface area contributed by atoms with Crippen molar-refractivity contribution >= 4 is 17.9 Å². The molecular weight excluding hydrogens is 360 g/mol. The molecule has 0 saturated carbocycles. The smallest absolute Gasteiger partial charge is 0.303 e. The first kappa shape index (κ1) is 30.0. The lowest BCUT2D eigenvalue weighted by Gasteiger charge is -2.24. The molecule has 0 radical (unpaired) electrons. The highest BCUT2D eigenvalue weighted by Gasteiger charge is 2.24. The summed E-state index contributed by atoms with van der Waals surface area (Å²) in [5.74, 6) is -2.82. The van der Waals surface area contributed by atoms with E-state index in [-0.39, 0.29) is 32.7 Å². The molecule has 0 spiro atoms. The number of aliphatic hydroxyl groups excluding tert-OH is 3. The molecule has 0 rings (SSSR count). The molecule has 0 aliphatic heterocycles. The summed E-state index contributed by atoms with van der Waals surface area (Å²) >= 11 is 0. The van der Waals surface area contributed by atoms with Gasteiger partial charge in [-0.05, 0) is 12.8 Å². The molecule has 0 unspecified atom stereocenters. The zero-order valence-electron chi connectivity index (χ0n) is 16.4. The molecule has 0 saturated heterocycles. The average molecular weight is 396 g/mol. The summed E-state index contributed by atoms with van der Waals surface area (Å²) < 4.78 is 0. The maximum absolute atomic E-state index is 10.0. The Morgan fingerprint density at radius 2 is 1.00 bits per heavy atom. The van der Waals surface area contributed by atoms with Gasteiger partial charge in [0.05, 0.1) is 32.7 Å². The summed E-state index contributed by atoms with van der Waals surface area (Å²) in [5.41, 5.74) is -0.667. The molecule has 6 N–H and O–H groups in total. The summed E-state index contributed by atoms with van der Waals surface area (Å²) in [7, 11) is 0. The Bertz CT molecular complexity index is 348. The van der Waals surface area contributed by atoms with Crippen molar-refractivity contribution in [3.8, 4) is 0 Å². The van der Waals surface area contributed by atoms with Gasteiger partial charge in [0.25, 0.3) is 0 Å². The maximum Gasteiger partial charge on any atom is 0.303 e. The topological polar surface area (TPSA) is 173 Å². The van der Waals surface area contributed by atoms with Crippen molar-refractivity contribution in [1.82, 2.24) is 0 Å². The van der Waals surface area contributed by atoms with Crippen LogP contribution in [0.5, 0.6) is 0 Å². The lowest BCUT2D eigenvalue weighted by Crippen LogP contribution is -2.32. The highest BCUT2D eigenvalue weighted by Crippen LogP contribution is 2.18. The van der Waals surface area contributed by atoms with E-state index in [9.17, 15) is 14.4 Å². The molecule has 9 heteroatoms. The summed E-state index contributed by atoms with van der Waals surface area (Å²) in [5, 5.41) is 50.0. The van der Waals surface area contributed by atoms with Crippen LogP contribution in [0.15, 0.2) is 0 Å². The van der Waals surface area contributed by atoms with Gasteiger partial charge >= 0.3 is 17.9 Å². The van der Waals surface area contributed by atoms with Gasteiger partial charge < -0.3 is 30.6 Å². The van der Waals surface area contributed by atoms with Gasteiger partial charge in [0, 0.05) is 11.8 Å². The Kier molecular flexibility index (Phi) is 22.9. The van der Waals surface area contributed by atoms with Crippen LogP contribution in [-0.2, 0) is 14.4 Å². The Morgan fingerprint density at radius 1 is 0.630 bits per heavy atom. The van der Waals surface area contributed by atoms with Gasteiger partial charge in [0.2, 0.25) is 0 Å². The lowest BCUT2D eigenvalue weighted by atomic mass is 9.88. The van der Waals surface area contributed by atoms with Crippen LogP contribution in [0.2, 0.25) is 0 Å². The molecule has 0 aromatic carbocycles. The van der Waals surface area contributed by atoms with Gasteiger partial charge in [-0.1, -0.05) is 39.5 Å². The fraction of sp³-hybridized carbons (Fsp3) is 0.833. The minimum Gasteiger partial charge on any atom is -0.481 e. The highest BCUT2D eigenvalue weighted by molar-refractivity contribution is 5.75. The van der Waals surface area contributed by atoms with E-state index in [1.807, 2.05) is 6.92 Å². The Hall–Kier alpha value is -1.71. The van der Waals surface area contributed by atoms with Crippen LogP contribution in [0.1, 0.15) is 71.6 Å². The lowest BCUT2D eigenvalue weighted by molar-refractivity contribution is -0.143. The molecule has 0 aliphatic carbocycles. The predicted octanol–water partition coefficient (Wildman–Crippen LogP) is 1.73. The monoisotopic (exact) mass is 396 g/mol. The van der Waals surface area contributed by atoms with E-state index in [1.165, 1.54) is 19.3 Å². The summed E-state index contributed by atoms with van der Waals surface area (Å²) in [6.45, 7) is 3.50. The van der Waals surface area contributed by atoms with Crippen molar-refractivity contribution in [2.24, 2.45) is 5.41 Å². The quantitative estimate of drug-likeness (QED) is 0.253. The minimum atomic E-state index is -1.08. The number of carboxylic acid groups (broad SMARTS) is 3. The SMILES string of the molecule is CCC(CO)(CO)CO.CCCCCCCC(=O)O.O=C(O)CCC(=O)O. The summed E-state index contributed by atoms with van der Waals surface area (Å²) in [4.78, 5) is 29.3. The highest BCUT2D eigenvalue weighted by atomic mass is 16.4. The van der Waals surface area contributed by atoms with Crippen LogP contribution in [0.25, 0.3) is 0 Å². The number of carboxylic acids is 3. The van der Waals surface area contributed by atoms with Crippen LogP contribution in [0.4, 0.5) is 0 Å². The normalized spacial score (nSPS) is 10.1. The second-order valence-corrected chi connectivity index (χ2v) is 6.17. The third kappa shape index (κ3) is 24.3. The number of aliphatic carboxylic acids is 3. The number of hydrogen-bond donors (Lipinski definition) is 6. The van der Waals surface area contributed by atoms with Gasteiger partial charge in [-0.15, -0.1) is 0 Å². The molecule has 0 aromatic rings. The second-order valence-electron chi connectivity index (χ2n) is 6.17. The third-order valence-electron chi connectivity index (χ3n) is 3.80. The van der Waals surface area contributed by atoms with Crippen LogP contribution in [0, 0.1) is 5.41 Å². The largest absolute Gasteiger partial charge is 0.481 e. The van der Waals surface area contributed by atoms with Crippen molar-refractivity contribution < 1.29 is 45.0 Å². The van der Waals surface area contributed by atoms with Gasteiger partial charge in [0.15, 0.2) is 0 Å². The maximum atomic E-state index is 10.0. The van der Waals surface area contributed by atoms with Crippen molar-refractivity contribution in [2.75, 3.05) is 19.8 Å². The Morgan fingerprint density at radius 3 is 1.22 bits per heavy atom. The van der Waals surface area contributed by atoms with Gasteiger partial charge in [0.1, 0.15) is 0 Å². The van der Waals surface area contributed by atoms with Crippen LogP contribution < -0.4 is 0 Å². The van der Waals surface area contributed by atoms with Crippen LogP contribution in [-0.4, -0.2) is 68.4 Å². The van der Waals surface area contributed by atoms with E-state index in [2.05, 4.69) is 6.92 Å². The van der Waals surface area contributed by atoms with E-state index < -0.39 is 23.3 Å². The minimum absolute atomic E-state index is 0.156. The molecule has 0 fully saturated rings. The first-order valence-corrected chi connectivity index (χ1v) is 9.12. The molecular formula is C18H36O9. The molecule has 0 aliphatic rings. The zero-order valence-corrected chi connectivity index (χ0v) is 16.4. The number of carbonyl (C=O) groups is 3. The molecule has 27 heavy (non-hydrogen) atoms. The second kappa shape index (κ2) is 20.6. The first-order valence-electron chi connectivity index (χ1n) is 9.12. The fourth-order valence-electron chi connectivity index (χ4n) is 1.58. The predicted molar refractivity (Wildman–Crippen MR) is 99.5 cm³/mol. The standard InChI is InChI=1S/C8H16O2.C6H14O3.C4H6O4/c1-2-3-4-5-6-7-8(9)10;1-2-6(3-7,4-8)5-9;5-3(6)1-2-4(7)8/h2-7H2,1H3,(H,9,10);7-9H,2-5H2,1H3;1-2H2,(H,5,6)(H,7,8). The number of rotatable bonds is 13. The third-order valence-corrected chi connectivity index (χ3v) is 3.80. The van der Waals surface area contributed by atoms with E-state index in [0.717, 1.165) is 12.8 Å². The fourth-order valence-corrected chi connectivity index (χ4v) is 1.58. The van der Waals surface area contributed by atoms with E-state index >= 15 is 0 Å². The van der Waals surface area contributed by atoms with Crippen molar-refractivity contribution in [1.29, 1.82) is 0 Å². The summed E-state index contributed by atoms with van der Waals surface area (Å²) in [6, 6.07) is 0. The number of aliphatic hydroxyl groups is 3. The number of unbranched alkanes of at least 4 members (excludes halogenated alkanes) is 4. The molecule has 9 nitrogen and oxygen atoms in total. The molecule has 0 aromatic heterocycles. The molecule has 0 atom stereocenters. The Balaban J connectivity index is -0.000000322. The molecule has 0 bridgehead atoms. The Labute approximate surface area is 160 Å². The van der Waals surface area contributed by atoms with Crippen molar-refractivity contribution in [3.05, 3.63) is 0 Å². The molecule has 0 heterocycles. The molecule has 0 amide bonds.